The van der Waals surface area contributed by atoms with E-state index in [1.54, 1.807) is 22.7 Å². The molecule has 2 nitrogen and oxygen atoms in total. The highest BCUT2D eigenvalue weighted by Crippen LogP contribution is 2.28. The first-order chi connectivity index (χ1) is 8.58. The number of thiophene rings is 2. The largest absolute Gasteiger partial charge is 0.326 e. The summed E-state index contributed by atoms with van der Waals surface area (Å²) >= 11 is 9.30. The quantitative estimate of drug-likeness (QED) is 0.905. The van der Waals surface area contributed by atoms with Crippen molar-refractivity contribution >= 4 is 34.3 Å². The Morgan fingerprint density at radius 2 is 2.17 bits per heavy atom. The standard InChI is InChI=1S/C13H17ClN2S2/c1-9(15)13(10-5-6-17-8-10)16(2)7-11-3-4-12(14)18-11/h3-6,8-9,13H,7,15H2,1-2H3. The minimum atomic E-state index is 0.0973. The lowest BCUT2D eigenvalue weighted by molar-refractivity contribution is 0.213. The summed E-state index contributed by atoms with van der Waals surface area (Å²) < 4.78 is 0.839. The Kier molecular flexibility index (Phi) is 4.81. The molecule has 5 heteroatoms. The van der Waals surface area contributed by atoms with Gasteiger partial charge in [-0.15, -0.1) is 11.3 Å². The van der Waals surface area contributed by atoms with E-state index >= 15 is 0 Å². The van der Waals surface area contributed by atoms with Crippen molar-refractivity contribution in [1.29, 1.82) is 0 Å². The van der Waals surface area contributed by atoms with Crippen LogP contribution in [0.1, 0.15) is 23.4 Å². The highest BCUT2D eigenvalue weighted by molar-refractivity contribution is 7.16. The molecule has 0 amide bonds. The van der Waals surface area contributed by atoms with Gasteiger partial charge >= 0.3 is 0 Å². The summed E-state index contributed by atoms with van der Waals surface area (Å²) in [4.78, 5) is 3.55. The second kappa shape index (κ2) is 6.17. The van der Waals surface area contributed by atoms with Gasteiger partial charge in [0.1, 0.15) is 0 Å². The third kappa shape index (κ3) is 3.33. The van der Waals surface area contributed by atoms with Gasteiger partial charge in [0.2, 0.25) is 0 Å². The Bertz CT molecular complexity index is 479. The highest BCUT2D eigenvalue weighted by atomic mass is 35.5. The molecule has 98 valence electrons. The Balaban J connectivity index is 2.11. The van der Waals surface area contributed by atoms with Crippen molar-refractivity contribution in [1.82, 2.24) is 4.90 Å². The fourth-order valence-electron chi connectivity index (χ4n) is 2.18. The van der Waals surface area contributed by atoms with E-state index in [9.17, 15) is 0 Å². The average molecular weight is 301 g/mol. The second-order valence-electron chi connectivity index (χ2n) is 4.48. The molecule has 0 saturated carbocycles. The molecule has 2 heterocycles. The zero-order valence-corrected chi connectivity index (χ0v) is 12.9. The van der Waals surface area contributed by atoms with Crippen LogP contribution in [0.5, 0.6) is 0 Å². The summed E-state index contributed by atoms with van der Waals surface area (Å²) in [6, 6.07) is 6.52. The summed E-state index contributed by atoms with van der Waals surface area (Å²) in [7, 11) is 2.11. The number of hydrogen-bond acceptors (Lipinski definition) is 4. The van der Waals surface area contributed by atoms with Crippen LogP contribution in [-0.4, -0.2) is 18.0 Å². The lowest BCUT2D eigenvalue weighted by atomic mass is 10.0. The van der Waals surface area contributed by atoms with Crippen LogP contribution in [0.2, 0.25) is 4.34 Å². The minimum Gasteiger partial charge on any atom is -0.326 e. The molecule has 18 heavy (non-hydrogen) atoms. The Labute approximate surface area is 121 Å². The van der Waals surface area contributed by atoms with E-state index in [1.165, 1.54) is 10.4 Å². The van der Waals surface area contributed by atoms with Crippen molar-refractivity contribution in [3.8, 4) is 0 Å². The van der Waals surface area contributed by atoms with Crippen molar-refractivity contribution in [3.05, 3.63) is 43.7 Å². The van der Waals surface area contributed by atoms with Crippen molar-refractivity contribution < 1.29 is 0 Å². The Morgan fingerprint density at radius 1 is 1.39 bits per heavy atom. The van der Waals surface area contributed by atoms with Gasteiger partial charge in [0, 0.05) is 17.5 Å². The maximum absolute atomic E-state index is 6.13. The van der Waals surface area contributed by atoms with E-state index < -0.39 is 0 Å². The number of halogens is 1. The van der Waals surface area contributed by atoms with Gasteiger partial charge in [0.15, 0.2) is 0 Å². The molecule has 0 spiro atoms. The van der Waals surface area contributed by atoms with Crippen molar-refractivity contribution in [2.24, 2.45) is 5.73 Å². The number of likely N-dealkylation sites (N-methyl/N-ethyl adjacent to an activating group) is 1. The predicted molar refractivity (Wildman–Crippen MR) is 81.5 cm³/mol. The van der Waals surface area contributed by atoms with Gasteiger partial charge in [-0.05, 0) is 48.5 Å². The van der Waals surface area contributed by atoms with Crippen LogP contribution in [-0.2, 0) is 6.54 Å². The second-order valence-corrected chi connectivity index (χ2v) is 7.06. The molecule has 0 aromatic carbocycles. The molecule has 0 aliphatic carbocycles. The van der Waals surface area contributed by atoms with Gasteiger partial charge in [0.25, 0.3) is 0 Å². The van der Waals surface area contributed by atoms with E-state index in [4.69, 9.17) is 17.3 Å². The van der Waals surface area contributed by atoms with Crippen LogP contribution < -0.4 is 5.73 Å². The van der Waals surface area contributed by atoms with Gasteiger partial charge in [0.05, 0.1) is 10.4 Å². The first kappa shape index (κ1) is 14.0. The smallest absolute Gasteiger partial charge is 0.0931 e. The highest BCUT2D eigenvalue weighted by Gasteiger charge is 2.21. The molecule has 2 aromatic rings. The van der Waals surface area contributed by atoms with E-state index in [-0.39, 0.29) is 12.1 Å². The molecule has 0 aliphatic rings. The van der Waals surface area contributed by atoms with E-state index in [1.807, 2.05) is 6.07 Å². The molecule has 2 N–H and O–H groups in total. The van der Waals surface area contributed by atoms with Crippen molar-refractivity contribution in [2.75, 3.05) is 7.05 Å². The molecule has 0 bridgehead atoms. The number of rotatable bonds is 5. The van der Waals surface area contributed by atoms with Crippen molar-refractivity contribution in [2.45, 2.75) is 25.6 Å². The summed E-state index contributed by atoms with van der Waals surface area (Å²) in [6.45, 7) is 2.93. The lowest BCUT2D eigenvalue weighted by Gasteiger charge is -2.30. The lowest BCUT2D eigenvalue weighted by Crippen LogP contribution is -2.36. The van der Waals surface area contributed by atoms with Gasteiger partial charge in [-0.25, -0.2) is 0 Å². The molecule has 2 unspecified atom stereocenters. The molecule has 0 radical (unpaired) electrons. The van der Waals surface area contributed by atoms with Crippen LogP contribution in [0.25, 0.3) is 0 Å². The number of hydrogen-bond donors (Lipinski definition) is 1. The third-order valence-corrected chi connectivity index (χ3v) is 4.81. The average Bonchev–Trinajstić information content (AvgIpc) is 2.90. The predicted octanol–water partition coefficient (Wildman–Crippen LogP) is 3.98. The van der Waals surface area contributed by atoms with E-state index in [0.29, 0.717) is 0 Å². The Hall–Kier alpha value is -0.390. The summed E-state index contributed by atoms with van der Waals surface area (Å²) in [5.74, 6) is 0. The summed E-state index contributed by atoms with van der Waals surface area (Å²) in [5.41, 5.74) is 7.42. The normalized spacial score (nSPS) is 14.9. The maximum atomic E-state index is 6.13. The molecule has 2 atom stereocenters. The summed E-state index contributed by atoms with van der Waals surface area (Å²) in [6.07, 6.45) is 0. The molecule has 0 saturated heterocycles. The van der Waals surface area contributed by atoms with Crippen LogP contribution in [0.4, 0.5) is 0 Å². The van der Waals surface area contributed by atoms with Crippen LogP contribution >= 0.6 is 34.3 Å². The van der Waals surface area contributed by atoms with Gasteiger partial charge < -0.3 is 5.73 Å². The van der Waals surface area contributed by atoms with Gasteiger partial charge in [-0.1, -0.05) is 11.6 Å². The maximum Gasteiger partial charge on any atom is 0.0931 e. The van der Waals surface area contributed by atoms with Crippen LogP contribution in [0, 0.1) is 0 Å². The molecule has 0 aliphatic heterocycles. The molecular weight excluding hydrogens is 284 g/mol. The molecule has 2 rings (SSSR count). The van der Waals surface area contributed by atoms with Crippen LogP contribution in [0.15, 0.2) is 29.0 Å². The number of nitrogens with zero attached hydrogens (tertiary/aromatic N) is 1. The van der Waals surface area contributed by atoms with E-state index in [0.717, 1.165) is 10.9 Å². The van der Waals surface area contributed by atoms with Crippen molar-refractivity contribution in [3.63, 3.8) is 0 Å². The monoisotopic (exact) mass is 300 g/mol. The first-order valence-corrected chi connectivity index (χ1v) is 7.94. The Morgan fingerprint density at radius 3 is 2.67 bits per heavy atom. The molecular formula is C13H17ClN2S2. The third-order valence-electron chi connectivity index (χ3n) is 2.89. The minimum absolute atomic E-state index is 0.0973. The number of nitrogens with two attached hydrogens (primary N) is 1. The van der Waals surface area contributed by atoms with Crippen LogP contribution in [0.3, 0.4) is 0 Å². The fourth-order valence-corrected chi connectivity index (χ4v) is 4.02. The molecule has 0 fully saturated rings. The SMILES string of the molecule is CC(N)C(c1ccsc1)N(C)Cc1ccc(Cl)s1. The fraction of sp³-hybridized carbons (Fsp3) is 0.385. The zero-order valence-electron chi connectivity index (χ0n) is 10.5. The zero-order chi connectivity index (χ0) is 13.1. The topological polar surface area (TPSA) is 29.3 Å². The summed E-state index contributed by atoms with van der Waals surface area (Å²) in [5, 5.41) is 4.27. The molecule has 2 aromatic heterocycles. The van der Waals surface area contributed by atoms with E-state index in [2.05, 4.69) is 41.8 Å². The van der Waals surface area contributed by atoms with Gasteiger partial charge in [-0.3, -0.25) is 4.90 Å². The van der Waals surface area contributed by atoms with Gasteiger partial charge in [-0.2, -0.15) is 11.3 Å². The first-order valence-electron chi connectivity index (χ1n) is 5.80.